The Morgan fingerprint density at radius 1 is 1.27 bits per heavy atom. The van der Waals surface area contributed by atoms with Crippen LogP contribution in [0.15, 0.2) is 44.7 Å². The molecule has 0 bridgehead atoms. The van der Waals surface area contributed by atoms with E-state index < -0.39 is 0 Å². The minimum absolute atomic E-state index is 0.316. The fraction of sp³-hybridized carbons (Fsp3) is 0.412. The molecule has 1 atom stereocenters. The zero-order valence-corrected chi connectivity index (χ0v) is 15.3. The summed E-state index contributed by atoms with van der Waals surface area (Å²) in [5.41, 5.74) is 5.51. The van der Waals surface area contributed by atoms with Crippen LogP contribution in [0.5, 0.6) is 0 Å². The van der Waals surface area contributed by atoms with E-state index in [1.54, 1.807) is 13.1 Å². The second kappa shape index (κ2) is 10.1. The average Bonchev–Trinajstić information content (AvgIpc) is 2.67. The predicted octanol–water partition coefficient (Wildman–Crippen LogP) is 1.73. The smallest absolute Gasteiger partial charge is 0.175 e. The first-order valence-corrected chi connectivity index (χ1v) is 8.07. The Kier molecular flexibility index (Phi) is 7.56. The van der Waals surface area contributed by atoms with Gasteiger partial charge in [-0.3, -0.25) is 9.83 Å². The fourth-order valence-electron chi connectivity index (χ4n) is 2.09. The second-order valence-electron chi connectivity index (χ2n) is 5.29. The van der Waals surface area contributed by atoms with E-state index in [-0.39, 0.29) is 6.10 Å². The van der Waals surface area contributed by atoms with Crippen molar-refractivity contribution in [3.63, 3.8) is 0 Å². The van der Waals surface area contributed by atoms with Gasteiger partial charge in [0, 0.05) is 11.1 Å². The largest absolute Gasteiger partial charge is 0.399 e. The van der Waals surface area contributed by atoms with Crippen LogP contribution < -0.4 is 5.48 Å². The molecule has 1 aliphatic heterocycles. The lowest BCUT2D eigenvalue weighted by Gasteiger charge is -2.16. The lowest BCUT2D eigenvalue weighted by Crippen LogP contribution is -2.37. The SMILES string of the molecule is CON=C(C1=NCCON1)c1ccccc1/C=N\OC(C)C(C)=NOC. The van der Waals surface area contributed by atoms with Crippen LogP contribution in [0, 0.1) is 0 Å². The van der Waals surface area contributed by atoms with Gasteiger partial charge >= 0.3 is 0 Å². The van der Waals surface area contributed by atoms with Crippen molar-refractivity contribution in [2.24, 2.45) is 20.5 Å². The van der Waals surface area contributed by atoms with Crippen molar-refractivity contribution in [2.45, 2.75) is 20.0 Å². The van der Waals surface area contributed by atoms with Crippen LogP contribution in [0.3, 0.4) is 0 Å². The van der Waals surface area contributed by atoms with Crippen molar-refractivity contribution in [1.29, 1.82) is 0 Å². The van der Waals surface area contributed by atoms with Gasteiger partial charge in [-0.15, -0.1) is 0 Å². The van der Waals surface area contributed by atoms with Gasteiger partial charge in [0.2, 0.25) is 0 Å². The van der Waals surface area contributed by atoms with Crippen LogP contribution in [0.1, 0.15) is 25.0 Å². The quantitative estimate of drug-likeness (QED) is 0.562. The number of rotatable bonds is 8. The summed E-state index contributed by atoms with van der Waals surface area (Å²) in [7, 11) is 2.96. The summed E-state index contributed by atoms with van der Waals surface area (Å²) in [5, 5.41) is 11.9. The molecule has 0 saturated heterocycles. The third-order valence-corrected chi connectivity index (χ3v) is 3.49. The summed E-state index contributed by atoms with van der Waals surface area (Å²) >= 11 is 0. The van der Waals surface area contributed by atoms with Gasteiger partial charge < -0.3 is 14.5 Å². The highest BCUT2D eigenvalue weighted by atomic mass is 16.7. The number of hydrogen-bond acceptors (Lipinski definition) is 9. The van der Waals surface area contributed by atoms with Gasteiger partial charge in [0.05, 0.1) is 25.1 Å². The zero-order chi connectivity index (χ0) is 18.8. The van der Waals surface area contributed by atoms with Crippen molar-refractivity contribution in [3.8, 4) is 0 Å². The number of nitrogens with one attached hydrogen (secondary N) is 1. The predicted molar refractivity (Wildman–Crippen MR) is 99.6 cm³/mol. The van der Waals surface area contributed by atoms with E-state index in [9.17, 15) is 0 Å². The minimum atomic E-state index is -0.316. The maximum atomic E-state index is 5.42. The van der Waals surface area contributed by atoms with Gasteiger partial charge in [0.25, 0.3) is 0 Å². The number of aliphatic imine (C=N–C) groups is 1. The molecule has 0 aliphatic carbocycles. The molecule has 26 heavy (non-hydrogen) atoms. The highest BCUT2D eigenvalue weighted by molar-refractivity contribution is 6.48. The van der Waals surface area contributed by atoms with Gasteiger partial charge in [-0.05, 0) is 13.8 Å². The Hall–Kier alpha value is -2.94. The zero-order valence-electron chi connectivity index (χ0n) is 15.3. The third kappa shape index (κ3) is 5.28. The van der Waals surface area contributed by atoms with Crippen molar-refractivity contribution >= 4 is 23.5 Å². The Balaban J connectivity index is 2.23. The summed E-state index contributed by atoms with van der Waals surface area (Å²) in [6, 6.07) is 7.56. The molecule has 0 aromatic heterocycles. The molecule has 0 spiro atoms. The summed E-state index contributed by atoms with van der Waals surface area (Å²) in [5.74, 6) is 0.497. The lowest BCUT2D eigenvalue weighted by molar-refractivity contribution is 0.0836. The molecule has 1 heterocycles. The molecule has 1 aliphatic rings. The summed E-state index contributed by atoms with van der Waals surface area (Å²) < 4.78 is 0. The van der Waals surface area contributed by atoms with Crippen LogP contribution >= 0.6 is 0 Å². The van der Waals surface area contributed by atoms with Crippen LogP contribution in [0.4, 0.5) is 0 Å². The number of nitrogens with zero attached hydrogens (tertiary/aromatic N) is 4. The Bertz CT molecular complexity index is 715. The number of hydrogen-bond donors (Lipinski definition) is 1. The van der Waals surface area contributed by atoms with Gasteiger partial charge in [0.1, 0.15) is 14.2 Å². The highest BCUT2D eigenvalue weighted by Crippen LogP contribution is 2.11. The maximum absolute atomic E-state index is 5.42. The average molecular weight is 361 g/mol. The first kappa shape index (κ1) is 19.4. The van der Waals surface area contributed by atoms with Gasteiger partial charge in [-0.2, -0.15) is 0 Å². The molecule has 9 nitrogen and oxygen atoms in total. The molecule has 0 fully saturated rings. The molecule has 9 heteroatoms. The van der Waals surface area contributed by atoms with E-state index >= 15 is 0 Å². The first-order chi connectivity index (χ1) is 12.7. The molecule has 2 rings (SSSR count). The monoisotopic (exact) mass is 361 g/mol. The van der Waals surface area contributed by atoms with Crippen molar-refractivity contribution in [3.05, 3.63) is 35.4 Å². The molecular formula is C17H23N5O4. The highest BCUT2D eigenvalue weighted by Gasteiger charge is 2.18. The van der Waals surface area contributed by atoms with E-state index in [2.05, 4.69) is 25.9 Å². The van der Waals surface area contributed by atoms with E-state index in [4.69, 9.17) is 19.4 Å². The van der Waals surface area contributed by atoms with Crippen molar-refractivity contribution < 1.29 is 19.4 Å². The molecule has 0 saturated carbocycles. The Morgan fingerprint density at radius 2 is 2.04 bits per heavy atom. The summed E-state index contributed by atoms with van der Waals surface area (Å²) in [4.78, 5) is 24.7. The van der Waals surface area contributed by atoms with Gasteiger partial charge in [-0.25, -0.2) is 5.48 Å². The van der Waals surface area contributed by atoms with Crippen LogP contribution in [-0.2, 0) is 19.4 Å². The van der Waals surface area contributed by atoms with Crippen molar-refractivity contribution in [1.82, 2.24) is 5.48 Å². The first-order valence-electron chi connectivity index (χ1n) is 8.07. The van der Waals surface area contributed by atoms with E-state index in [0.717, 1.165) is 11.1 Å². The van der Waals surface area contributed by atoms with E-state index in [1.807, 2.05) is 31.2 Å². The van der Waals surface area contributed by atoms with Crippen LogP contribution in [0.2, 0.25) is 0 Å². The fourth-order valence-corrected chi connectivity index (χ4v) is 2.09. The topological polar surface area (TPSA) is 98.4 Å². The number of amidine groups is 1. The second-order valence-corrected chi connectivity index (χ2v) is 5.29. The van der Waals surface area contributed by atoms with Crippen LogP contribution in [-0.4, -0.2) is 56.9 Å². The van der Waals surface area contributed by atoms with E-state index in [1.165, 1.54) is 14.2 Å². The molecule has 1 aromatic carbocycles. The molecule has 1 aromatic rings. The molecule has 1 N–H and O–H groups in total. The minimum Gasteiger partial charge on any atom is -0.399 e. The standard InChI is InChI=1S/C17H23N5O4/c1-12(20-23-3)13(2)26-19-11-14-7-5-6-8-15(14)16(21-24-4)17-18-9-10-25-22-17/h5-8,11,13H,9-10H2,1-4H3,(H,18,22)/b19-11-,20-12?,21-16?. The molecule has 0 radical (unpaired) electrons. The van der Waals surface area contributed by atoms with Gasteiger partial charge in [-0.1, -0.05) is 39.7 Å². The Morgan fingerprint density at radius 3 is 2.73 bits per heavy atom. The molecule has 0 amide bonds. The van der Waals surface area contributed by atoms with Crippen molar-refractivity contribution in [2.75, 3.05) is 27.4 Å². The van der Waals surface area contributed by atoms with Crippen LogP contribution in [0.25, 0.3) is 0 Å². The molecule has 1 unspecified atom stereocenters. The molecule has 140 valence electrons. The third-order valence-electron chi connectivity index (χ3n) is 3.49. The van der Waals surface area contributed by atoms with E-state index in [0.29, 0.717) is 30.4 Å². The molecular weight excluding hydrogens is 338 g/mol. The Labute approximate surface area is 152 Å². The lowest BCUT2D eigenvalue weighted by atomic mass is 10.0. The summed E-state index contributed by atoms with van der Waals surface area (Å²) in [6.45, 7) is 4.67. The maximum Gasteiger partial charge on any atom is 0.175 e. The van der Waals surface area contributed by atoms with Gasteiger partial charge in [0.15, 0.2) is 17.7 Å². The normalized spacial score (nSPS) is 16.7. The number of hydroxylamine groups is 1. The number of benzene rings is 1. The summed E-state index contributed by atoms with van der Waals surface area (Å²) in [6.07, 6.45) is 1.28. The number of oxime groups is 3.